The number of hydrogen-bond acceptors (Lipinski definition) is 4. The summed E-state index contributed by atoms with van der Waals surface area (Å²) < 4.78 is 4.79. The molecule has 0 fully saturated rings. The summed E-state index contributed by atoms with van der Waals surface area (Å²) in [6, 6.07) is 0. The molecule has 0 bridgehead atoms. The van der Waals surface area contributed by atoms with Gasteiger partial charge in [0.1, 0.15) is 0 Å². The molecule has 98 valence electrons. The molecule has 0 aliphatic heterocycles. The van der Waals surface area contributed by atoms with Crippen LogP contribution >= 0.6 is 0 Å². The van der Waals surface area contributed by atoms with Crippen LogP contribution in [-0.2, 0) is 19.1 Å². The van der Waals surface area contributed by atoms with Crippen molar-refractivity contribution < 1.29 is 29.3 Å². The van der Waals surface area contributed by atoms with Crippen molar-refractivity contribution in [2.75, 3.05) is 6.61 Å². The van der Waals surface area contributed by atoms with E-state index in [1.807, 2.05) is 0 Å². The van der Waals surface area contributed by atoms with Crippen LogP contribution in [0.3, 0.4) is 0 Å². The molecule has 17 heavy (non-hydrogen) atoms. The molecule has 0 aromatic rings. The minimum Gasteiger partial charge on any atom is -0.481 e. The molecule has 2 unspecified atom stereocenters. The van der Waals surface area contributed by atoms with Gasteiger partial charge in [-0.3, -0.25) is 14.4 Å². The van der Waals surface area contributed by atoms with Gasteiger partial charge in [-0.25, -0.2) is 0 Å². The van der Waals surface area contributed by atoms with Gasteiger partial charge in [-0.1, -0.05) is 6.92 Å². The van der Waals surface area contributed by atoms with Crippen molar-refractivity contribution in [2.45, 2.75) is 33.1 Å². The summed E-state index contributed by atoms with van der Waals surface area (Å²) in [6.07, 6.45) is -0.226. The maximum absolute atomic E-state index is 11.4. The van der Waals surface area contributed by atoms with Crippen molar-refractivity contribution in [3.63, 3.8) is 0 Å². The van der Waals surface area contributed by atoms with Gasteiger partial charge in [0.05, 0.1) is 12.5 Å². The van der Waals surface area contributed by atoms with E-state index in [1.54, 1.807) is 13.8 Å². The van der Waals surface area contributed by atoms with E-state index in [4.69, 9.17) is 14.9 Å². The second-order valence-corrected chi connectivity index (χ2v) is 3.83. The Kier molecular flexibility index (Phi) is 6.93. The fourth-order valence-electron chi connectivity index (χ4n) is 1.53. The Balaban J connectivity index is 4.48. The van der Waals surface area contributed by atoms with Crippen LogP contribution in [0, 0.1) is 11.8 Å². The number of rotatable bonds is 8. The molecule has 0 aliphatic rings. The third-order valence-corrected chi connectivity index (χ3v) is 2.53. The Hall–Kier alpha value is -1.59. The highest BCUT2D eigenvalue weighted by Gasteiger charge is 2.27. The van der Waals surface area contributed by atoms with Crippen molar-refractivity contribution in [1.29, 1.82) is 0 Å². The molecule has 0 spiro atoms. The zero-order valence-corrected chi connectivity index (χ0v) is 10.0. The van der Waals surface area contributed by atoms with E-state index in [0.717, 1.165) is 0 Å². The normalized spacial score (nSPS) is 13.8. The summed E-state index contributed by atoms with van der Waals surface area (Å²) in [4.78, 5) is 32.5. The summed E-state index contributed by atoms with van der Waals surface area (Å²) in [5.74, 6) is -3.65. The summed E-state index contributed by atoms with van der Waals surface area (Å²) in [7, 11) is 0. The van der Waals surface area contributed by atoms with E-state index in [-0.39, 0.29) is 25.9 Å². The molecule has 0 aromatic carbocycles. The van der Waals surface area contributed by atoms with Crippen LogP contribution in [0.1, 0.15) is 33.1 Å². The third kappa shape index (κ3) is 6.55. The zero-order valence-electron chi connectivity index (χ0n) is 10.0. The van der Waals surface area contributed by atoms with E-state index in [9.17, 15) is 14.4 Å². The lowest BCUT2D eigenvalue weighted by atomic mass is 9.87. The molecule has 0 saturated heterocycles. The third-order valence-electron chi connectivity index (χ3n) is 2.53. The maximum atomic E-state index is 11.4. The Morgan fingerprint density at radius 2 is 1.76 bits per heavy atom. The van der Waals surface area contributed by atoms with Crippen LogP contribution in [0.15, 0.2) is 0 Å². The first kappa shape index (κ1) is 15.4. The van der Waals surface area contributed by atoms with Gasteiger partial charge in [-0.15, -0.1) is 0 Å². The first-order valence-electron chi connectivity index (χ1n) is 5.48. The van der Waals surface area contributed by atoms with Gasteiger partial charge in [0.15, 0.2) is 0 Å². The number of carboxylic acid groups (broad SMARTS) is 2. The maximum Gasteiger partial charge on any atom is 0.308 e. The number of carbonyl (C=O) groups is 3. The monoisotopic (exact) mass is 246 g/mol. The Labute approximate surface area is 99.6 Å². The topological polar surface area (TPSA) is 101 Å². The van der Waals surface area contributed by atoms with Crippen LogP contribution in [-0.4, -0.2) is 34.7 Å². The second-order valence-electron chi connectivity index (χ2n) is 3.83. The smallest absolute Gasteiger partial charge is 0.308 e. The predicted octanol–water partition coefficient (Wildman–Crippen LogP) is 1.14. The lowest BCUT2D eigenvalue weighted by Gasteiger charge is -2.20. The van der Waals surface area contributed by atoms with Gasteiger partial charge in [-0.05, 0) is 19.3 Å². The highest BCUT2D eigenvalue weighted by atomic mass is 16.5. The van der Waals surface area contributed by atoms with Gasteiger partial charge >= 0.3 is 17.9 Å². The van der Waals surface area contributed by atoms with E-state index < -0.39 is 29.7 Å². The van der Waals surface area contributed by atoms with Crippen LogP contribution in [0.2, 0.25) is 0 Å². The van der Waals surface area contributed by atoms with Crippen LogP contribution in [0.25, 0.3) is 0 Å². The lowest BCUT2D eigenvalue weighted by Crippen LogP contribution is -2.26. The Bertz CT molecular complexity index is 286. The largest absolute Gasteiger partial charge is 0.481 e. The molecule has 6 heteroatoms. The molecule has 2 N–H and O–H groups in total. The number of aliphatic carboxylic acids is 2. The molecule has 0 aliphatic carbocycles. The molecule has 0 aromatic heterocycles. The van der Waals surface area contributed by atoms with Crippen molar-refractivity contribution in [3.8, 4) is 0 Å². The fourth-order valence-corrected chi connectivity index (χ4v) is 1.53. The summed E-state index contributed by atoms with van der Waals surface area (Å²) >= 11 is 0. The molecule has 0 amide bonds. The first-order valence-corrected chi connectivity index (χ1v) is 5.48. The molecule has 0 radical (unpaired) electrons. The summed E-state index contributed by atoms with van der Waals surface area (Å²) in [5, 5.41) is 17.3. The zero-order chi connectivity index (χ0) is 13.4. The number of carboxylic acids is 2. The van der Waals surface area contributed by atoms with Crippen molar-refractivity contribution >= 4 is 17.9 Å². The van der Waals surface area contributed by atoms with E-state index in [1.165, 1.54) is 0 Å². The molecular formula is C11H18O6. The van der Waals surface area contributed by atoms with Crippen molar-refractivity contribution in [2.24, 2.45) is 11.8 Å². The van der Waals surface area contributed by atoms with Crippen LogP contribution in [0.4, 0.5) is 0 Å². The number of hydrogen-bond donors (Lipinski definition) is 2. The quantitative estimate of drug-likeness (QED) is 0.623. The van der Waals surface area contributed by atoms with Crippen LogP contribution in [0.5, 0.6) is 0 Å². The average molecular weight is 246 g/mol. The fraction of sp³-hybridized carbons (Fsp3) is 0.727. The first-order chi connectivity index (χ1) is 7.88. The molecule has 0 saturated carbocycles. The van der Waals surface area contributed by atoms with Crippen molar-refractivity contribution in [1.82, 2.24) is 0 Å². The lowest BCUT2D eigenvalue weighted by molar-refractivity contribution is -0.151. The highest BCUT2D eigenvalue weighted by Crippen LogP contribution is 2.22. The van der Waals surface area contributed by atoms with Gasteiger partial charge in [0.2, 0.25) is 0 Å². The highest BCUT2D eigenvalue weighted by molar-refractivity contribution is 5.74. The Morgan fingerprint density at radius 1 is 1.18 bits per heavy atom. The summed E-state index contributed by atoms with van der Waals surface area (Å²) in [5.41, 5.74) is 0. The van der Waals surface area contributed by atoms with Gasteiger partial charge in [-0.2, -0.15) is 0 Å². The number of carbonyl (C=O) groups excluding carboxylic acids is 1. The predicted molar refractivity (Wildman–Crippen MR) is 58.4 cm³/mol. The Morgan fingerprint density at radius 3 is 2.18 bits per heavy atom. The number of ether oxygens (including phenoxy) is 1. The molecule has 0 rings (SSSR count). The van der Waals surface area contributed by atoms with E-state index in [0.29, 0.717) is 0 Å². The van der Waals surface area contributed by atoms with Gasteiger partial charge in [0, 0.05) is 12.8 Å². The standard InChI is InChI=1S/C11H18O6/c1-3-17-11(16)7(2)8(6-10(14)15)4-5-9(12)13/h7-8H,3-6H2,1-2H3,(H,12,13)(H,14,15). The van der Waals surface area contributed by atoms with Gasteiger partial charge < -0.3 is 14.9 Å². The number of esters is 1. The summed E-state index contributed by atoms with van der Waals surface area (Å²) in [6.45, 7) is 3.45. The van der Waals surface area contributed by atoms with E-state index >= 15 is 0 Å². The molecule has 0 heterocycles. The minimum atomic E-state index is -1.04. The average Bonchev–Trinajstić information content (AvgIpc) is 2.22. The molecular weight excluding hydrogens is 228 g/mol. The van der Waals surface area contributed by atoms with Crippen LogP contribution < -0.4 is 0 Å². The van der Waals surface area contributed by atoms with Crippen molar-refractivity contribution in [3.05, 3.63) is 0 Å². The molecule has 2 atom stereocenters. The minimum absolute atomic E-state index is 0.151. The molecule has 6 nitrogen and oxygen atoms in total. The van der Waals surface area contributed by atoms with E-state index in [2.05, 4.69) is 0 Å². The second kappa shape index (κ2) is 7.65. The SMILES string of the molecule is CCOC(=O)C(C)C(CCC(=O)O)CC(=O)O. The van der Waals surface area contributed by atoms with Gasteiger partial charge in [0.25, 0.3) is 0 Å².